The summed E-state index contributed by atoms with van der Waals surface area (Å²) >= 11 is 0. The van der Waals surface area contributed by atoms with Crippen LogP contribution in [0.25, 0.3) is 22.6 Å². The molecule has 1 aliphatic rings. The zero-order valence-corrected chi connectivity index (χ0v) is 19.9. The monoisotopic (exact) mass is 465 g/mol. The molecule has 2 aromatic heterocycles. The molecule has 0 fully saturated rings. The van der Waals surface area contributed by atoms with Crippen LogP contribution in [0.4, 0.5) is 0 Å². The van der Waals surface area contributed by atoms with Gasteiger partial charge in [0.15, 0.2) is 6.10 Å². The summed E-state index contributed by atoms with van der Waals surface area (Å²) in [6.45, 7) is 3.70. The third kappa shape index (κ3) is 4.54. The molecule has 0 radical (unpaired) electrons. The van der Waals surface area contributed by atoms with Crippen molar-refractivity contribution in [2.24, 2.45) is 0 Å². The minimum atomic E-state index is -0.903. The predicted molar refractivity (Wildman–Crippen MR) is 136 cm³/mol. The number of esters is 1. The second-order valence-electron chi connectivity index (χ2n) is 8.83. The summed E-state index contributed by atoms with van der Waals surface area (Å²) in [6.07, 6.45) is 6.07. The van der Waals surface area contributed by atoms with Crippen molar-refractivity contribution in [3.8, 4) is 0 Å². The maximum atomic E-state index is 13.6. The topological polar surface area (TPSA) is 69.4 Å². The van der Waals surface area contributed by atoms with Gasteiger partial charge in [-0.1, -0.05) is 49.4 Å². The highest BCUT2D eigenvalue weighted by molar-refractivity contribution is 6.08. The molecule has 1 atom stereocenters. The number of ketones is 1. The largest absolute Gasteiger partial charge is 0.465 e. The molecule has 176 valence electrons. The van der Waals surface area contributed by atoms with E-state index in [0.29, 0.717) is 17.5 Å². The fourth-order valence-corrected chi connectivity index (χ4v) is 4.67. The maximum absolute atomic E-state index is 13.6. The highest BCUT2D eigenvalue weighted by atomic mass is 16.5. The molecule has 2 heterocycles. The first-order valence-electron chi connectivity index (χ1n) is 12.1. The van der Waals surface area contributed by atoms with Gasteiger partial charge in [-0.3, -0.25) is 4.79 Å². The first-order valence-corrected chi connectivity index (χ1v) is 12.1. The van der Waals surface area contributed by atoms with E-state index in [1.165, 1.54) is 0 Å². The number of allylic oxidation sites excluding steroid dienone is 1. The summed E-state index contributed by atoms with van der Waals surface area (Å²) in [7, 11) is 0. The molecule has 0 amide bonds. The number of aromatic nitrogens is 1. The molecule has 1 unspecified atom stereocenters. The first-order chi connectivity index (χ1) is 17.0. The number of para-hydroxylation sites is 1. The van der Waals surface area contributed by atoms with E-state index in [2.05, 4.69) is 6.92 Å². The third-order valence-corrected chi connectivity index (χ3v) is 6.53. The summed E-state index contributed by atoms with van der Waals surface area (Å²) in [4.78, 5) is 31.5. The predicted octanol–water partition coefficient (Wildman–Crippen LogP) is 6.70. The summed E-state index contributed by atoms with van der Waals surface area (Å²) < 4.78 is 11.3. The van der Waals surface area contributed by atoms with Gasteiger partial charge < -0.3 is 9.15 Å². The fraction of sp³-hybridized carbons (Fsp3) is 0.233. The zero-order valence-electron chi connectivity index (χ0n) is 19.9. The molecule has 5 rings (SSSR count). The SMILES string of the molecule is CCc1ccc(C(=O)C(C)OC(=O)c2c3c(nc4ccccc24)C(=Cc2ccco2)CCC3)cc1. The van der Waals surface area contributed by atoms with Crippen molar-refractivity contribution < 1.29 is 18.7 Å². The van der Waals surface area contributed by atoms with Gasteiger partial charge in [0.2, 0.25) is 5.78 Å². The van der Waals surface area contributed by atoms with E-state index >= 15 is 0 Å². The number of hydrogen-bond donors (Lipinski definition) is 0. The Hall–Kier alpha value is -3.99. The van der Waals surface area contributed by atoms with Crippen LogP contribution >= 0.6 is 0 Å². The molecule has 0 saturated heterocycles. The van der Waals surface area contributed by atoms with Crippen LogP contribution in [-0.4, -0.2) is 22.8 Å². The van der Waals surface area contributed by atoms with Gasteiger partial charge in [0.25, 0.3) is 0 Å². The number of hydrogen-bond acceptors (Lipinski definition) is 5. The Morgan fingerprint density at radius 2 is 1.86 bits per heavy atom. The minimum absolute atomic E-state index is 0.216. The summed E-state index contributed by atoms with van der Waals surface area (Å²) in [5, 5.41) is 0.738. The van der Waals surface area contributed by atoms with Crippen molar-refractivity contribution in [1.29, 1.82) is 0 Å². The van der Waals surface area contributed by atoms with Crippen molar-refractivity contribution in [2.45, 2.75) is 45.6 Å². The molecule has 5 nitrogen and oxygen atoms in total. The Balaban J connectivity index is 1.52. The van der Waals surface area contributed by atoms with E-state index in [4.69, 9.17) is 14.1 Å². The number of carbonyl (C=O) groups is 2. The molecule has 0 saturated carbocycles. The molecular weight excluding hydrogens is 438 g/mol. The highest BCUT2D eigenvalue weighted by Crippen LogP contribution is 2.36. The second kappa shape index (κ2) is 9.71. The average Bonchev–Trinajstić information content (AvgIpc) is 3.40. The number of benzene rings is 2. The van der Waals surface area contributed by atoms with Crippen LogP contribution in [0.1, 0.15) is 70.0 Å². The molecule has 0 N–H and O–H groups in total. The van der Waals surface area contributed by atoms with Crippen LogP contribution in [0, 0.1) is 0 Å². The van der Waals surface area contributed by atoms with Crippen LogP contribution in [0.2, 0.25) is 0 Å². The molecule has 0 bridgehead atoms. The van der Waals surface area contributed by atoms with E-state index in [9.17, 15) is 9.59 Å². The Morgan fingerprint density at radius 3 is 2.60 bits per heavy atom. The second-order valence-corrected chi connectivity index (χ2v) is 8.83. The summed E-state index contributed by atoms with van der Waals surface area (Å²) in [5.41, 5.74) is 5.60. The summed E-state index contributed by atoms with van der Waals surface area (Å²) in [6, 6.07) is 18.8. The lowest BCUT2D eigenvalue weighted by molar-refractivity contribution is 0.0319. The van der Waals surface area contributed by atoms with Gasteiger partial charge in [0.05, 0.1) is 23.0 Å². The highest BCUT2D eigenvalue weighted by Gasteiger charge is 2.28. The van der Waals surface area contributed by atoms with Crippen LogP contribution in [-0.2, 0) is 17.6 Å². The fourth-order valence-electron chi connectivity index (χ4n) is 4.67. The van der Waals surface area contributed by atoms with E-state index in [-0.39, 0.29) is 5.78 Å². The molecule has 35 heavy (non-hydrogen) atoms. The molecule has 0 spiro atoms. The number of aryl methyl sites for hydroxylation is 1. The van der Waals surface area contributed by atoms with E-state index < -0.39 is 12.1 Å². The number of furan rings is 1. The Morgan fingerprint density at radius 1 is 1.06 bits per heavy atom. The van der Waals surface area contributed by atoms with Crippen LogP contribution in [0.3, 0.4) is 0 Å². The number of carbonyl (C=O) groups excluding carboxylic acids is 2. The molecule has 5 heteroatoms. The number of pyridine rings is 1. The van der Waals surface area contributed by atoms with Crippen LogP contribution in [0.15, 0.2) is 71.3 Å². The molecule has 4 aromatic rings. The third-order valence-electron chi connectivity index (χ3n) is 6.53. The molecule has 1 aliphatic carbocycles. The zero-order chi connectivity index (χ0) is 24.4. The minimum Gasteiger partial charge on any atom is -0.465 e. The van der Waals surface area contributed by atoms with Gasteiger partial charge in [-0.25, -0.2) is 9.78 Å². The lowest BCUT2D eigenvalue weighted by Gasteiger charge is -2.23. The van der Waals surface area contributed by atoms with Crippen molar-refractivity contribution in [2.75, 3.05) is 0 Å². The lowest BCUT2D eigenvalue weighted by Crippen LogP contribution is -2.26. The number of rotatable bonds is 6. The standard InChI is InChI=1S/C30H27NO4/c1-3-20-13-15-21(16-14-20)29(32)19(2)35-30(33)27-24-10-4-5-12-26(24)31-28-22(8-6-11-25(27)28)18-23-9-7-17-34-23/h4-5,7,9-10,12-19H,3,6,8,11H2,1-2H3. The van der Waals surface area contributed by atoms with Crippen LogP contribution < -0.4 is 0 Å². The first kappa shape index (κ1) is 22.8. The van der Waals surface area contributed by atoms with Crippen molar-refractivity contribution in [3.63, 3.8) is 0 Å². The smallest absolute Gasteiger partial charge is 0.339 e. The van der Waals surface area contributed by atoms with Crippen LogP contribution in [0.5, 0.6) is 0 Å². The Kier molecular flexibility index (Phi) is 6.32. The normalized spacial score (nSPS) is 15.1. The van der Waals surface area contributed by atoms with Gasteiger partial charge >= 0.3 is 5.97 Å². The van der Waals surface area contributed by atoms with E-state index in [1.807, 2.05) is 54.6 Å². The number of Topliss-reactive ketones (excluding diaryl/α,β-unsaturated/α-hetero) is 1. The average molecular weight is 466 g/mol. The maximum Gasteiger partial charge on any atom is 0.339 e. The number of ether oxygens (including phenoxy) is 1. The van der Waals surface area contributed by atoms with Gasteiger partial charge in [-0.05, 0) is 73.6 Å². The van der Waals surface area contributed by atoms with E-state index in [0.717, 1.165) is 58.3 Å². The number of fused-ring (bicyclic) bond motifs is 2. The Labute approximate surface area is 204 Å². The summed E-state index contributed by atoms with van der Waals surface area (Å²) in [5.74, 6) is 0.0389. The van der Waals surface area contributed by atoms with Crippen molar-refractivity contribution in [3.05, 3.63) is 101 Å². The quantitative estimate of drug-likeness (QED) is 0.234. The van der Waals surface area contributed by atoms with Gasteiger partial charge in [-0.2, -0.15) is 0 Å². The molecule has 2 aromatic carbocycles. The number of nitrogens with zero attached hydrogens (tertiary/aromatic N) is 1. The molecule has 0 aliphatic heterocycles. The van der Waals surface area contributed by atoms with Gasteiger partial charge in [-0.15, -0.1) is 0 Å². The van der Waals surface area contributed by atoms with Crippen molar-refractivity contribution in [1.82, 2.24) is 4.98 Å². The molecular formula is C30H27NO4. The van der Waals surface area contributed by atoms with Crippen molar-refractivity contribution >= 4 is 34.3 Å². The Bertz CT molecular complexity index is 1420. The lowest BCUT2D eigenvalue weighted by atomic mass is 9.86. The van der Waals surface area contributed by atoms with Gasteiger partial charge in [0.1, 0.15) is 5.76 Å². The van der Waals surface area contributed by atoms with E-state index in [1.54, 1.807) is 25.3 Å². The van der Waals surface area contributed by atoms with Gasteiger partial charge in [0, 0.05) is 10.9 Å².